The van der Waals surface area contributed by atoms with Gasteiger partial charge in [0.15, 0.2) is 0 Å². The van der Waals surface area contributed by atoms with Crippen LogP contribution in [0.2, 0.25) is 0 Å². The number of rotatable bonds is 4. The van der Waals surface area contributed by atoms with E-state index >= 15 is 0 Å². The van der Waals surface area contributed by atoms with E-state index in [9.17, 15) is 13.2 Å². The van der Waals surface area contributed by atoms with Crippen LogP contribution < -0.4 is 0 Å². The molecule has 0 N–H and O–H groups in total. The molecule has 0 heterocycles. The van der Waals surface area contributed by atoms with E-state index in [0.29, 0.717) is 11.5 Å². The summed E-state index contributed by atoms with van der Waals surface area (Å²) in [6, 6.07) is 30.0. The topological polar surface area (TPSA) is 0 Å². The van der Waals surface area contributed by atoms with Crippen LogP contribution in [-0.2, 0) is 6.18 Å². The minimum atomic E-state index is -4.35. The van der Waals surface area contributed by atoms with Crippen LogP contribution in [0.3, 0.4) is 0 Å². The third-order valence-electron chi connectivity index (χ3n) is 6.70. The van der Waals surface area contributed by atoms with Crippen LogP contribution in [-0.4, -0.2) is 0 Å². The number of hydrogen-bond acceptors (Lipinski definition) is 0. The van der Waals surface area contributed by atoms with Gasteiger partial charge in [0.2, 0.25) is 0 Å². The first kappa shape index (κ1) is 24.6. The van der Waals surface area contributed by atoms with Gasteiger partial charge in [0.05, 0.1) is 5.56 Å². The third-order valence-corrected chi connectivity index (χ3v) is 6.70. The summed E-state index contributed by atoms with van der Waals surface area (Å²) in [4.78, 5) is 0. The Morgan fingerprint density at radius 3 is 1.62 bits per heavy atom. The molecule has 0 aromatic heterocycles. The summed E-state index contributed by atoms with van der Waals surface area (Å²) in [5.74, 6) is 0.563. The highest BCUT2D eigenvalue weighted by Gasteiger charge is 2.30. The number of allylic oxidation sites excluding steroid dienone is 6. The maximum absolute atomic E-state index is 13.1. The molecule has 0 radical (unpaired) electrons. The molecule has 0 aliphatic heterocycles. The molecular formula is C34H27F3. The van der Waals surface area contributed by atoms with Gasteiger partial charge < -0.3 is 0 Å². The molecule has 3 heteroatoms. The van der Waals surface area contributed by atoms with Gasteiger partial charge in [0.1, 0.15) is 0 Å². The van der Waals surface area contributed by atoms with Gasteiger partial charge in [-0.15, -0.1) is 0 Å². The average molecular weight is 493 g/mol. The summed E-state index contributed by atoms with van der Waals surface area (Å²) < 4.78 is 39.2. The lowest BCUT2D eigenvalue weighted by atomic mass is 9.95. The molecule has 1 atom stereocenters. The highest BCUT2D eigenvalue weighted by molar-refractivity contribution is 5.78. The molecule has 1 aliphatic carbocycles. The van der Waals surface area contributed by atoms with Crippen molar-refractivity contribution in [2.24, 2.45) is 5.92 Å². The van der Waals surface area contributed by atoms with Crippen molar-refractivity contribution in [3.63, 3.8) is 0 Å². The minimum absolute atomic E-state index is 0.552. The fourth-order valence-electron chi connectivity index (χ4n) is 4.53. The minimum Gasteiger partial charge on any atom is -0.166 e. The SMILES string of the molecule is CC1\C=C/C=C(c2ccc(-c3ccc(-c4ccc(-c5cccc(C(F)(F)F)c5)cc4)cc3)cc2)\C=C\C1. The van der Waals surface area contributed by atoms with Crippen molar-refractivity contribution in [1.29, 1.82) is 0 Å². The molecule has 4 aromatic rings. The zero-order valence-corrected chi connectivity index (χ0v) is 20.5. The van der Waals surface area contributed by atoms with E-state index in [2.05, 4.69) is 85.8 Å². The van der Waals surface area contributed by atoms with Crippen molar-refractivity contribution in [2.75, 3.05) is 0 Å². The van der Waals surface area contributed by atoms with Crippen LogP contribution in [0.25, 0.3) is 39.0 Å². The van der Waals surface area contributed by atoms with Crippen LogP contribution in [0.4, 0.5) is 13.2 Å². The van der Waals surface area contributed by atoms with E-state index in [4.69, 9.17) is 0 Å². The number of benzene rings is 4. The summed E-state index contributed by atoms with van der Waals surface area (Å²) >= 11 is 0. The van der Waals surface area contributed by atoms with Crippen LogP contribution in [0.5, 0.6) is 0 Å². The van der Waals surface area contributed by atoms with E-state index in [0.717, 1.165) is 40.3 Å². The van der Waals surface area contributed by atoms with Gasteiger partial charge in [-0.1, -0.05) is 122 Å². The molecule has 184 valence electrons. The molecule has 1 aliphatic rings. The summed E-state index contributed by atoms with van der Waals surface area (Å²) in [7, 11) is 0. The Balaban J connectivity index is 1.31. The molecule has 4 aromatic carbocycles. The lowest BCUT2D eigenvalue weighted by Crippen LogP contribution is -2.04. The Labute approximate surface area is 216 Å². The normalized spacial score (nSPS) is 18.8. The summed E-state index contributed by atoms with van der Waals surface area (Å²) in [5.41, 5.74) is 7.42. The molecule has 5 rings (SSSR count). The fourth-order valence-corrected chi connectivity index (χ4v) is 4.53. The lowest BCUT2D eigenvalue weighted by molar-refractivity contribution is -0.137. The van der Waals surface area contributed by atoms with E-state index in [1.165, 1.54) is 23.3 Å². The van der Waals surface area contributed by atoms with Gasteiger partial charge in [-0.3, -0.25) is 0 Å². The second-order valence-electron chi connectivity index (χ2n) is 9.43. The summed E-state index contributed by atoms with van der Waals surface area (Å²) in [6.07, 6.45) is 7.67. The predicted molar refractivity (Wildman–Crippen MR) is 148 cm³/mol. The second kappa shape index (κ2) is 10.5. The number of alkyl halides is 3. The molecule has 0 amide bonds. The van der Waals surface area contributed by atoms with Crippen molar-refractivity contribution in [1.82, 2.24) is 0 Å². The van der Waals surface area contributed by atoms with Crippen LogP contribution in [0, 0.1) is 5.92 Å². The highest BCUT2D eigenvalue weighted by Crippen LogP contribution is 2.33. The van der Waals surface area contributed by atoms with Crippen LogP contribution in [0.1, 0.15) is 24.5 Å². The van der Waals surface area contributed by atoms with Gasteiger partial charge in [-0.25, -0.2) is 0 Å². The maximum atomic E-state index is 13.1. The maximum Gasteiger partial charge on any atom is 0.416 e. The molecule has 0 nitrogen and oxygen atoms in total. The second-order valence-corrected chi connectivity index (χ2v) is 9.43. The Morgan fingerprint density at radius 2 is 1.11 bits per heavy atom. The fraction of sp³-hybridized carbons (Fsp3) is 0.118. The first-order valence-corrected chi connectivity index (χ1v) is 12.4. The Kier molecular flexibility index (Phi) is 6.96. The molecule has 0 spiro atoms. The zero-order chi connectivity index (χ0) is 25.8. The quantitative estimate of drug-likeness (QED) is 0.266. The van der Waals surface area contributed by atoms with Crippen molar-refractivity contribution in [2.45, 2.75) is 19.5 Å². The molecule has 0 saturated carbocycles. The van der Waals surface area contributed by atoms with Gasteiger partial charge in [-0.05, 0) is 69.0 Å². The third kappa shape index (κ3) is 5.83. The first-order chi connectivity index (χ1) is 17.9. The largest absolute Gasteiger partial charge is 0.416 e. The van der Waals surface area contributed by atoms with Crippen LogP contribution in [0.15, 0.2) is 127 Å². The lowest BCUT2D eigenvalue weighted by Gasteiger charge is -2.10. The smallest absolute Gasteiger partial charge is 0.166 e. The van der Waals surface area contributed by atoms with E-state index in [-0.39, 0.29) is 0 Å². The molecule has 1 unspecified atom stereocenters. The molecule has 0 fully saturated rings. The van der Waals surface area contributed by atoms with Crippen molar-refractivity contribution >= 4 is 5.57 Å². The molecule has 0 bridgehead atoms. The van der Waals surface area contributed by atoms with Gasteiger partial charge in [-0.2, -0.15) is 13.2 Å². The standard InChI is InChI=1S/C34H27F3/c1-24-5-2-7-25(8-3-6-24)26-11-13-27(14-12-26)28-15-17-29(18-16-28)30-19-21-31(22-20-30)32-9-4-10-33(23-32)34(35,36)37/h2-5,7-24H,6H2,1H3/b5-2-,8-3+,25-7+. The Morgan fingerprint density at radius 1 is 0.622 bits per heavy atom. The summed E-state index contributed by atoms with van der Waals surface area (Å²) in [6.45, 7) is 2.22. The van der Waals surface area contributed by atoms with Crippen LogP contribution >= 0.6 is 0 Å². The van der Waals surface area contributed by atoms with Gasteiger partial charge in [0, 0.05) is 0 Å². The van der Waals surface area contributed by atoms with Crippen molar-refractivity contribution in [3.8, 4) is 33.4 Å². The van der Waals surface area contributed by atoms with Crippen molar-refractivity contribution < 1.29 is 13.2 Å². The predicted octanol–water partition coefficient (Wildman–Crippen LogP) is 10.2. The first-order valence-electron chi connectivity index (χ1n) is 12.4. The van der Waals surface area contributed by atoms with E-state index < -0.39 is 11.7 Å². The molecule has 0 saturated heterocycles. The average Bonchev–Trinajstić information content (AvgIpc) is 2.91. The van der Waals surface area contributed by atoms with Crippen molar-refractivity contribution in [3.05, 3.63) is 139 Å². The molecule has 37 heavy (non-hydrogen) atoms. The van der Waals surface area contributed by atoms with Gasteiger partial charge >= 0.3 is 6.18 Å². The molecular weight excluding hydrogens is 465 g/mol. The Bertz CT molecular complexity index is 1450. The van der Waals surface area contributed by atoms with E-state index in [1.54, 1.807) is 6.07 Å². The highest BCUT2D eigenvalue weighted by atomic mass is 19.4. The van der Waals surface area contributed by atoms with Gasteiger partial charge in [0.25, 0.3) is 0 Å². The number of halogens is 3. The zero-order valence-electron chi connectivity index (χ0n) is 20.5. The van der Waals surface area contributed by atoms with E-state index in [1.807, 2.05) is 24.3 Å². The monoisotopic (exact) mass is 492 g/mol. The Hall–Kier alpha value is -4.11. The number of hydrogen-bond donors (Lipinski definition) is 0. The summed E-state index contributed by atoms with van der Waals surface area (Å²) in [5, 5.41) is 0.